The summed E-state index contributed by atoms with van der Waals surface area (Å²) in [6, 6.07) is 0. The molecule has 0 saturated carbocycles. The summed E-state index contributed by atoms with van der Waals surface area (Å²) in [4.78, 5) is 5.16. The zero-order valence-corrected chi connectivity index (χ0v) is 13.0. The monoisotopic (exact) mass is 278 g/mol. The zero-order valence-electron chi connectivity index (χ0n) is 13.0. The number of hydrogen-bond donors (Lipinski definition) is 2. The molecule has 4 rings (SSSR count). The van der Waals surface area contributed by atoms with Gasteiger partial charge in [-0.1, -0.05) is 0 Å². The van der Waals surface area contributed by atoms with Crippen molar-refractivity contribution in [1.29, 1.82) is 0 Å². The van der Waals surface area contributed by atoms with E-state index in [0.29, 0.717) is 11.0 Å². The van der Waals surface area contributed by atoms with Gasteiger partial charge in [0.05, 0.1) is 0 Å². The molecule has 0 aliphatic carbocycles. The van der Waals surface area contributed by atoms with Gasteiger partial charge in [0, 0.05) is 38.3 Å². The van der Waals surface area contributed by atoms with Gasteiger partial charge in [0.1, 0.15) is 0 Å². The van der Waals surface area contributed by atoms with Crippen LogP contribution in [-0.4, -0.2) is 74.7 Å². The second-order valence-electron chi connectivity index (χ2n) is 8.16. The van der Waals surface area contributed by atoms with Crippen molar-refractivity contribution in [3.63, 3.8) is 0 Å². The van der Waals surface area contributed by atoms with Gasteiger partial charge in [0.2, 0.25) is 0 Å². The SMILES string of the molecule is CN1CC2(CCC(CN3CC4(CCNCC4)C3)CN2)C1. The fourth-order valence-electron chi connectivity index (χ4n) is 5.11. The largest absolute Gasteiger partial charge is 0.317 e. The lowest BCUT2D eigenvalue weighted by molar-refractivity contribution is -0.0412. The number of rotatable bonds is 2. The lowest BCUT2D eigenvalue weighted by Crippen LogP contribution is -2.70. The lowest BCUT2D eigenvalue weighted by atomic mass is 9.71. The molecule has 0 aromatic heterocycles. The van der Waals surface area contributed by atoms with Gasteiger partial charge >= 0.3 is 0 Å². The van der Waals surface area contributed by atoms with Gasteiger partial charge in [-0.25, -0.2) is 0 Å². The van der Waals surface area contributed by atoms with Crippen molar-refractivity contribution in [2.24, 2.45) is 11.3 Å². The van der Waals surface area contributed by atoms with Gasteiger partial charge in [-0.3, -0.25) is 0 Å². The number of nitrogens with one attached hydrogen (secondary N) is 2. The summed E-state index contributed by atoms with van der Waals surface area (Å²) in [5.74, 6) is 0.894. The molecule has 4 saturated heterocycles. The first-order chi connectivity index (χ1) is 9.67. The van der Waals surface area contributed by atoms with Crippen LogP contribution in [0, 0.1) is 11.3 Å². The van der Waals surface area contributed by atoms with Gasteiger partial charge < -0.3 is 20.4 Å². The van der Waals surface area contributed by atoms with Crippen molar-refractivity contribution in [3.8, 4) is 0 Å². The van der Waals surface area contributed by atoms with Crippen molar-refractivity contribution in [1.82, 2.24) is 20.4 Å². The molecule has 4 nitrogen and oxygen atoms in total. The second kappa shape index (κ2) is 4.94. The van der Waals surface area contributed by atoms with Crippen molar-refractivity contribution in [3.05, 3.63) is 0 Å². The van der Waals surface area contributed by atoms with Crippen LogP contribution in [0.15, 0.2) is 0 Å². The van der Waals surface area contributed by atoms with E-state index in [-0.39, 0.29) is 0 Å². The fourth-order valence-corrected chi connectivity index (χ4v) is 5.11. The Labute approximate surface area is 123 Å². The zero-order chi connectivity index (χ0) is 13.6. The van der Waals surface area contributed by atoms with Gasteiger partial charge in [0.15, 0.2) is 0 Å². The molecule has 1 unspecified atom stereocenters. The molecule has 4 heteroatoms. The van der Waals surface area contributed by atoms with Crippen LogP contribution in [0.25, 0.3) is 0 Å². The van der Waals surface area contributed by atoms with Crippen molar-refractivity contribution in [2.75, 3.05) is 59.4 Å². The first-order valence-electron chi connectivity index (χ1n) is 8.54. The van der Waals surface area contributed by atoms with Crippen LogP contribution in [0.2, 0.25) is 0 Å². The van der Waals surface area contributed by atoms with Crippen LogP contribution in [0.5, 0.6) is 0 Å². The van der Waals surface area contributed by atoms with E-state index < -0.39 is 0 Å². The summed E-state index contributed by atoms with van der Waals surface area (Å²) >= 11 is 0. The Morgan fingerprint density at radius 2 is 1.80 bits per heavy atom. The predicted octanol–water partition coefficient (Wildman–Crippen LogP) is 0.356. The fraction of sp³-hybridized carbons (Fsp3) is 1.00. The van der Waals surface area contributed by atoms with Crippen LogP contribution in [0.1, 0.15) is 25.7 Å². The van der Waals surface area contributed by atoms with E-state index in [2.05, 4.69) is 27.5 Å². The van der Waals surface area contributed by atoms with Gasteiger partial charge in [0.25, 0.3) is 0 Å². The molecule has 0 radical (unpaired) electrons. The smallest absolute Gasteiger partial charge is 0.0437 e. The van der Waals surface area contributed by atoms with Crippen molar-refractivity contribution in [2.45, 2.75) is 31.2 Å². The number of piperidine rings is 2. The normalized spacial score (nSPS) is 36.8. The molecule has 20 heavy (non-hydrogen) atoms. The molecule has 0 aromatic rings. The summed E-state index contributed by atoms with van der Waals surface area (Å²) in [6.45, 7) is 10.4. The Kier molecular flexibility index (Phi) is 3.33. The number of likely N-dealkylation sites (tertiary alicyclic amines) is 2. The van der Waals surface area contributed by atoms with E-state index in [1.54, 1.807) is 0 Å². The maximum absolute atomic E-state index is 3.86. The molecule has 0 aromatic carbocycles. The van der Waals surface area contributed by atoms with E-state index in [4.69, 9.17) is 0 Å². The van der Waals surface area contributed by atoms with Crippen LogP contribution >= 0.6 is 0 Å². The van der Waals surface area contributed by atoms with Crippen molar-refractivity contribution < 1.29 is 0 Å². The van der Waals surface area contributed by atoms with Crippen molar-refractivity contribution >= 4 is 0 Å². The molecule has 0 bridgehead atoms. The van der Waals surface area contributed by atoms with Crippen LogP contribution in [0.4, 0.5) is 0 Å². The summed E-state index contributed by atoms with van der Waals surface area (Å²) in [6.07, 6.45) is 5.64. The van der Waals surface area contributed by atoms with Gasteiger partial charge in [-0.05, 0) is 63.7 Å². The first-order valence-corrected chi connectivity index (χ1v) is 8.54. The number of likely N-dealkylation sites (N-methyl/N-ethyl adjacent to an activating group) is 1. The Morgan fingerprint density at radius 1 is 1.05 bits per heavy atom. The molecule has 4 aliphatic rings. The van der Waals surface area contributed by atoms with E-state index >= 15 is 0 Å². The summed E-state index contributed by atoms with van der Waals surface area (Å²) < 4.78 is 0. The molecule has 4 aliphatic heterocycles. The number of hydrogen-bond acceptors (Lipinski definition) is 4. The molecular weight excluding hydrogens is 248 g/mol. The molecule has 4 fully saturated rings. The van der Waals surface area contributed by atoms with Gasteiger partial charge in [-0.15, -0.1) is 0 Å². The summed E-state index contributed by atoms with van der Waals surface area (Å²) in [5, 5.41) is 7.36. The average Bonchev–Trinajstić information content (AvgIpc) is 2.39. The third kappa shape index (κ3) is 2.41. The second-order valence-corrected chi connectivity index (χ2v) is 8.16. The topological polar surface area (TPSA) is 30.5 Å². The third-order valence-electron chi connectivity index (χ3n) is 6.24. The molecule has 2 spiro atoms. The maximum Gasteiger partial charge on any atom is 0.0437 e. The standard InChI is InChI=1S/C16H30N4/c1-19-12-16(13-19)3-2-14(8-18-16)9-20-10-15(11-20)4-6-17-7-5-15/h14,17-18H,2-13H2,1H3. The minimum atomic E-state index is 0.496. The third-order valence-corrected chi connectivity index (χ3v) is 6.24. The Bertz CT molecular complexity index is 339. The summed E-state index contributed by atoms with van der Waals surface area (Å²) in [5.41, 5.74) is 1.20. The molecule has 0 amide bonds. The molecule has 4 heterocycles. The quantitative estimate of drug-likeness (QED) is 0.763. The van der Waals surface area contributed by atoms with E-state index in [0.717, 1.165) is 5.92 Å². The highest BCUT2D eigenvalue weighted by atomic mass is 15.3. The summed E-state index contributed by atoms with van der Waals surface area (Å²) in [7, 11) is 2.23. The van der Waals surface area contributed by atoms with E-state index in [9.17, 15) is 0 Å². The van der Waals surface area contributed by atoms with Crippen LogP contribution in [-0.2, 0) is 0 Å². The Morgan fingerprint density at radius 3 is 2.40 bits per heavy atom. The lowest BCUT2D eigenvalue weighted by Gasteiger charge is -2.56. The van der Waals surface area contributed by atoms with Crippen LogP contribution in [0.3, 0.4) is 0 Å². The van der Waals surface area contributed by atoms with E-state index in [1.165, 1.54) is 78.0 Å². The molecular formula is C16H30N4. The molecule has 1 atom stereocenters. The maximum atomic E-state index is 3.86. The Balaban J connectivity index is 1.20. The number of nitrogens with zero attached hydrogens (tertiary/aromatic N) is 2. The minimum Gasteiger partial charge on any atom is -0.317 e. The van der Waals surface area contributed by atoms with Gasteiger partial charge in [-0.2, -0.15) is 0 Å². The highest BCUT2D eigenvalue weighted by Crippen LogP contribution is 2.39. The van der Waals surface area contributed by atoms with Crippen LogP contribution < -0.4 is 10.6 Å². The molecule has 114 valence electrons. The predicted molar refractivity (Wildman–Crippen MR) is 81.9 cm³/mol. The first kappa shape index (κ1) is 13.5. The molecule has 2 N–H and O–H groups in total. The average molecular weight is 278 g/mol. The van der Waals surface area contributed by atoms with E-state index in [1.807, 2.05) is 0 Å². The minimum absolute atomic E-state index is 0.496. The Hall–Kier alpha value is -0.160. The highest BCUT2D eigenvalue weighted by Gasteiger charge is 2.46. The highest BCUT2D eigenvalue weighted by molar-refractivity contribution is 5.05.